The largest absolute Gasteiger partial charge is 0.494 e. The predicted molar refractivity (Wildman–Crippen MR) is 110 cm³/mol. The standard InChI is InChI=1S/C23H27N3O3/c1-29-21-15-24-10-8-20(21)23(28)26-13-9-18(16-26)14-17-4-6-19(7-5-17)22(27)25-11-2-3-12-25/h4-8,10,15,18H,2-3,9,11-14,16H2,1H3. The third kappa shape index (κ3) is 4.26. The molecule has 1 aromatic carbocycles. The number of methoxy groups -OCH3 is 1. The number of carbonyl (C=O) groups is 2. The van der Waals surface area contributed by atoms with Gasteiger partial charge in [-0.25, -0.2) is 0 Å². The van der Waals surface area contributed by atoms with Gasteiger partial charge in [-0.05, 0) is 55.4 Å². The molecule has 0 saturated carbocycles. The second kappa shape index (κ2) is 8.64. The Bertz CT molecular complexity index is 875. The van der Waals surface area contributed by atoms with Crippen molar-refractivity contribution in [3.8, 4) is 5.75 Å². The first-order valence-corrected chi connectivity index (χ1v) is 10.3. The Morgan fingerprint density at radius 1 is 1.03 bits per heavy atom. The normalized spacial score (nSPS) is 18.9. The third-order valence-corrected chi connectivity index (χ3v) is 5.93. The van der Waals surface area contributed by atoms with Crippen molar-refractivity contribution >= 4 is 11.8 Å². The minimum atomic E-state index is -0.00157. The monoisotopic (exact) mass is 393 g/mol. The third-order valence-electron chi connectivity index (χ3n) is 5.93. The van der Waals surface area contributed by atoms with Gasteiger partial charge in [-0.3, -0.25) is 14.6 Å². The van der Waals surface area contributed by atoms with Gasteiger partial charge in [0.25, 0.3) is 11.8 Å². The molecular weight excluding hydrogens is 366 g/mol. The molecule has 0 spiro atoms. The Balaban J connectivity index is 1.35. The average molecular weight is 393 g/mol. The van der Waals surface area contributed by atoms with E-state index in [1.165, 1.54) is 5.56 Å². The molecule has 2 amide bonds. The Kier molecular flexibility index (Phi) is 5.79. The van der Waals surface area contributed by atoms with E-state index in [9.17, 15) is 9.59 Å². The molecule has 1 atom stereocenters. The summed E-state index contributed by atoms with van der Waals surface area (Å²) in [7, 11) is 1.55. The molecule has 0 aliphatic carbocycles. The van der Waals surface area contributed by atoms with Crippen LogP contribution in [0.25, 0.3) is 0 Å². The van der Waals surface area contributed by atoms with E-state index in [0.29, 0.717) is 17.2 Å². The van der Waals surface area contributed by atoms with Gasteiger partial charge in [-0.1, -0.05) is 12.1 Å². The van der Waals surface area contributed by atoms with Crippen LogP contribution in [-0.4, -0.2) is 59.9 Å². The number of hydrogen-bond acceptors (Lipinski definition) is 4. The van der Waals surface area contributed by atoms with Crippen molar-refractivity contribution in [2.24, 2.45) is 5.92 Å². The molecule has 29 heavy (non-hydrogen) atoms. The zero-order valence-electron chi connectivity index (χ0n) is 16.8. The molecule has 6 nitrogen and oxygen atoms in total. The van der Waals surface area contributed by atoms with E-state index in [1.807, 2.05) is 21.9 Å². The SMILES string of the molecule is COc1cnccc1C(=O)N1CCC(Cc2ccc(C(=O)N3CCCC3)cc2)C1. The lowest BCUT2D eigenvalue weighted by Gasteiger charge is -2.18. The maximum Gasteiger partial charge on any atom is 0.257 e. The second-order valence-electron chi connectivity index (χ2n) is 7.88. The first-order valence-electron chi connectivity index (χ1n) is 10.3. The van der Waals surface area contributed by atoms with Crippen LogP contribution >= 0.6 is 0 Å². The first-order chi connectivity index (χ1) is 14.2. The Labute approximate surface area is 171 Å². The fourth-order valence-corrected chi connectivity index (χ4v) is 4.29. The molecule has 1 unspecified atom stereocenters. The molecule has 2 fully saturated rings. The van der Waals surface area contributed by atoms with Gasteiger partial charge in [0.15, 0.2) is 0 Å². The van der Waals surface area contributed by atoms with Gasteiger partial charge in [-0.15, -0.1) is 0 Å². The summed E-state index contributed by atoms with van der Waals surface area (Å²) in [5.74, 6) is 1.07. The number of benzene rings is 1. The summed E-state index contributed by atoms with van der Waals surface area (Å²) in [5, 5.41) is 0. The molecule has 0 bridgehead atoms. The highest BCUT2D eigenvalue weighted by atomic mass is 16.5. The lowest BCUT2D eigenvalue weighted by Crippen LogP contribution is -2.29. The molecular formula is C23H27N3O3. The van der Waals surface area contributed by atoms with Crippen LogP contribution in [0.4, 0.5) is 0 Å². The van der Waals surface area contributed by atoms with E-state index in [-0.39, 0.29) is 11.8 Å². The van der Waals surface area contributed by atoms with Gasteiger partial charge in [-0.2, -0.15) is 0 Å². The predicted octanol–water partition coefficient (Wildman–Crippen LogP) is 3.03. The van der Waals surface area contributed by atoms with Crippen LogP contribution in [0, 0.1) is 5.92 Å². The van der Waals surface area contributed by atoms with E-state index in [4.69, 9.17) is 4.74 Å². The summed E-state index contributed by atoms with van der Waals surface area (Å²) in [6, 6.07) is 9.70. The molecule has 2 saturated heterocycles. The van der Waals surface area contributed by atoms with Gasteiger partial charge in [0, 0.05) is 37.9 Å². The fraction of sp³-hybridized carbons (Fsp3) is 0.435. The molecule has 3 heterocycles. The van der Waals surface area contributed by atoms with Crippen molar-refractivity contribution < 1.29 is 14.3 Å². The Morgan fingerprint density at radius 2 is 1.79 bits per heavy atom. The number of carbonyl (C=O) groups excluding carboxylic acids is 2. The van der Waals surface area contributed by atoms with Gasteiger partial charge in [0.05, 0.1) is 18.9 Å². The molecule has 1 aromatic heterocycles. The number of hydrogen-bond donors (Lipinski definition) is 0. The van der Waals surface area contributed by atoms with E-state index in [2.05, 4.69) is 17.1 Å². The molecule has 2 aliphatic rings. The van der Waals surface area contributed by atoms with Crippen LogP contribution in [-0.2, 0) is 6.42 Å². The van der Waals surface area contributed by atoms with Crippen molar-refractivity contribution in [2.75, 3.05) is 33.3 Å². The van der Waals surface area contributed by atoms with Crippen LogP contribution in [0.3, 0.4) is 0 Å². The van der Waals surface area contributed by atoms with E-state index in [0.717, 1.165) is 57.4 Å². The summed E-state index contributed by atoms with van der Waals surface area (Å²) in [5.41, 5.74) is 2.54. The minimum Gasteiger partial charge on any atom is -0.494 e. The number of ether oxygens (including phenoxy) is 1. The number of pyridine rings is 1. The van der Waals surface area contributed by atoms with Crippen LogP contribution in [0.2, 0.25) is 0 Å². The summed E-state index contributed by atoms with van der Waals surface area (Å²) >= 11 is 0. The molecule has 6 heteroatoms. The van der Waals surface area contributed by atoms with Crippen molar-refractivity contribution in [2.45, 2.75) is 25.7 Å². The second-order valence-corrected chi connectivity index (χ2v) is 7.88. The summed E-state index contributed by atoms with van der Waals surface area (Å²) in [6.07, 6.45) is 7.29. The van der Waals surface area contributed by atoms with E-state index in [1.54, 1.807) is 25.6 Å². The van der Waals surface area contributed by atoms with Gasteiger partial charge < -0.3 is 14.5 Å². The van der Waals surface area contributed by atoms with Crippen LogP contribution in [0.5, 0.6) is 5.75 Å². The molecule has 152 valence electrons. The van der Waals surface area contributed by atoms with Crippen LogP contribution < -0.4 is 4.74 Å². The first kappa shape index (κ1) is 19.4. The molecule has 2 aromatic rings. The number of nitrogens with zero attached hydrogens (tertiary/aromatic N) is 3. The van der Waals surface area contributed by atoms with Crippen molar-refractivity contribution in [3.63, 3.8) is 0 Å². The minimum absolute atomic E-state index is 0.00157. The number of aromatic nitrogens is 1. The maximum absolute atomic E-state index is 12.8. The van der Waals surface area contributed by atoms with Gasteiger partial charge in [0.2, 0.25) is 0 Å². The van der Waals surface area contributed by atoms with Crippen LogP contribution in [0.1, 0.15) is 45.5 Å². The molecule has 2 aliphatic heterocycles. The highest BCUT2D eigenvalue weighted by Gasteiger charge is 2.28. The van der Waals surface area contributed by atoms with Gasteiger partial charge >= 0.3 is 0 Å². The van der Waals surface area contributed by atoms with Crippen molar-refractivity contribution in [3.05, 3.63) is 59.4 Å². The smallest absolute Gasteiger partial charge is 0.257 e. The summed E-state index contributed by atoms with van der Waals surface area (Å²) in [4.78, 5) is 33.2. The molecule has 0 N–H and O–H groups in total. The Hall–Kier alpha value is -2.89. The lowest BCUT2D eigenvalue weighted by atomic mass is 9.98. The maximum atomic E-state index is 12.8. The Morgan fingerprint density at radius 3 is 2.52 bits per heavy atom. The summed E-state index contributed by atoms with van der Waals surface area (Å²) in [6.45, 7) is 3.23. The zero-order chi connectivity index (χ0) is 20.2. The highest BCUT2D eigenvalue weighted by Crippen LogP contribution is 2.25. The average Bonchev–Trinajstić information content (AvgIpc) is 3.46. The van der Waals surface area contributed by atoms with Gasteiger partial charge in [0.1, 0.15) is 5.75 Å². The quantitative estimate of drug-likeness (QED) is 0.783. The topological polar surface area (TPSA) is 62.7 Å². The summed E-state index contributed by atoms with van der Waals surface area (Å²) < 4.78 is 5.27. The lowest BCUT2D eigenvalue weighted by molar-refractivity contribution is 0.0779. The molecule has 0 radical (unpaired) electrons. The number of amides is 2. The van der Waals surface area contributed by atoms with Crippen molar-refractivity contribution in [1.82, 2.24) is 14.8 Å². The fourth-order valence-electron chi connectivity index (χ4n) is 4.29. The zero-order valence-corrected chi connectivity index (χ0v) is 16.8. The van der Waals surface area contributed by atoms with E-state index >= 15 is 0 Å². The number of rotatable bonds is 5. The van der Waals surface area contributed by atoms with Crippen molar-refractivity contribution in [1.29, 1.82) is 0 Å². The van der Waals surface area contributed by atoms with Crippen LogP contribution in [0.15, 0.2) is 42.7 Å². The van der Waals surface area contributed by atoms with E-state index < -0.39 is 0 Å². The highest BCUT2D eigenvalue weighted by molar-refractivity contribution is 5.97. The molecule has 4 rings (SSSR count). The number of likely N-dealkylation sites (tertiary alicyclic amines) is 2.